The van der Waals surface area contributed by atoms with E-state index in [1.165, 1.54) is 14.1 Å². The van der Waals surface area contributed by atoms with Crippen LogP contribution in [0.2, 0.25) is 0 Å². The number of hydrogen-bond acceptors (Lipinski definition) is 6. The lowest BCUT2D eigenvalue weighted by atomic mass is 10.4. The SMILES string of the molecule is CN(C)S(=O)(=O)N1CCN(S(=O)(=O)c2ccc(S(=O)(=O)C(F)F)cc2)CC1. The van der Waals surface area contributed by atoms with Crippen LogP contribution in [0.1, 0.15) is 0 Å². The first kappa shape index (κ1) is 22.1. The molecule has 1 heterocycles. The fourth-order valence-electron chi connectivity index (χ4n) is 2.42. The molecule has 1 aromatic carbocycles. The predicted octanol–water partition coefficient (Wildman–Crippen LogP) is -0.204. The molecule has 0 radical (unpaired) electrons. The fourth-order valence-corrected chi connectivity index (χ4v) is 5.65. The van der Waals surface area contributed by atoms with E-state index in [1.807, 2.05) is 0 Å². The molecular weight excluding hydrogens is 428 g/mol. The minimum atomic E-state index is -4.82. The predicted molar refractivity (Wildman–Crippen MR) is 92.6 cm³/mol. The van der Waals surface area contributed by atoms with Gasteiger partial charge in [0.1, 0.15) is 0 Å². The van der Waals surface area contributed by atoms with Crippen molar-refractivity contribution in [3.05, 3.63) is 24.3 Å². The van der Waals surface area contributed by atoms with Gasteiger partial charge in [0.05, 0.1) is 9.79 Å². The molecule has 1 aliphatic rings. The second-order valence-electron chi connectivity index (χ2n) is 5.87. The molecule has 0 aromatic heterocycles. The Morgan fingerprint density at radius 1 is 0.815 bits per heavy atom. The summed E-state index contributed by atoms with van der Waals surface area (Å²) in [6.45, 7) is -0.270. The van der Waals surface area contributed by atoms with Gasteiger partial charge in [0.15, 0.2) is 0 Å². The van der Waals surface area contributed by atoms with Crippen molar-refractivity contribution in [3.63, 3.8) is 0 Å². The van der Waals surface area contributed by atoms with Crippen LogP contribution in [-0.2, 0) is 30.1 Å². The molecule has 1 aromatic rings. The van der Waals surface area contributed by atoms with Gasteiger partial charge in [0.2, 0.25) is 19.9 Å². The van der Waals surface area contributed by atoms with E-state index < -0.39 is 40.7 Å². The number of sulfone groups is 1. The number of hydrogen-bond donors (Lipinski definition) is 0. The average molecular weight is 448 g/mol. The van der Waals surface area contributed by atoms with Crippen LogP contribution < -0.4 is 0 Å². The van der Waals surface area contributed by atoms with E-state index >= 15 is 0 Å². The number of halogens is 2. The van der Waals surface area contributed by atoms with Crippen LogP contribution in [0.4, 0.5) is 8.78 Å². The van der Waals surface area contributed by atoms with Crippen molar-refractivity contribution in [1.29, 1.82) is 0 Å². The summed E-state index contributed by atoms with van der Waals surface area (Å²) in [7, 11) is -9.75. The zero-order valence-electron chi connectivity index (χ0n) is 14.5. The highest BCUT2D eigenvalue weighted by molar-refractivity contribution is 7.91. The van der Waals surface area contributed by atoms with Crippen molar-refractivity contribution >= 4 is 30.1 Å². The molecule has 0 N–H and O–H groups in total. The average Bonchev–Trinajstić information content (AvgIpc) is 2.61. The van der Waals surface area contributed by atoms with Crippen molar-refractivity contribution < 1.29 is 34.0 Å². The van der Waals surface area contributed by atoms with Gasteiger partial charge in [-0.1, -0.05) is 0 Å². The molecule has 27 heavy (non-hydrogen) atoms. The van der Waals surface area contributed by atoms with E-state index in [2.05, 4.69) is 0 Å². The highest BCUT2D eigenvalue weighted by atomic mass is 32.2. The number of piperazine rings is 1. The lowest BCUT2D eigenvalue weighted by Crippen LogP contribution is -2.52. The van der Waals surface area contributed by atoms with Gasteiger partial charge in [0.25, 0.3) is 10.2 Å². The van der Waals surface area contributed by atoms with Gasteiger partial charge < -0.3 is 0 Å². The summed E-state index contributed by atoms with van der Waals surface area (Å²) in [5.74, 6) is -3.60. The Morgan fingerprint density at radius 2 is 1.22 bits per heavy atom. The lowest BCUT2D eigenvalue weighted by molar-refractivity contribution is 0.234. The third kappa shape index (κ3) is 4.30. The van der Waals surface area contributed by atoms with Crippen LogP contribution >= 0.6 is 0 Å². The third-order valence-electron chi connectivity index (χ3n) is 4.01. The molecule has 0 bridgehead atoms. The van der Waals surface area contributed by atoms with Crippen molar-refractivity contribution in [2.24, 2.45) is 0 Å². The minimum Gasteiger partial charge on any atom is -0.218 e. The Labute approximate surface area is 157 Å². The zero-order valence-corrected chi connectivity index (χ0v) is 16.9. The standard InChI is InChI=1S/C13H19F2N3O6S3/c1-16(2)27(23,24)18-9-7-17(8-10-18)26(21,22)12-5-3-11(4-6-12)25(19,20)13(14)15/h3-6,13H,7-10H2,1-2H3. The van der Waals surface area contributed by atoms with Crippen molar-refractivity contribution in [1.82, 2.24) is 12.9 Å². The molecule has 9 nitrogen and oxygen atoms in total. The molecule has 1 saturated heterocycles. The van der Waals surface area contributed by atoms with Gasteiger partial charge in [-0.3, -0.25) is 0 Å². The maximum absolute atomic E-state index is 12.6. The van der Waals surface area contributed by atoms with Crippen LogP contribution in [0.25, 0.3) is 0 Å². The van der Waals surface area contributed by atoms with Crippen LogP contribution in [0, 0.1) is 0 Å². The third-order valence-corrected chi connectivity index (χ3v) is 9.26. The monoisotopic (exact) mass is 447 g/mol. The molecule has 0 unspecified atom stereocenters. The van der Waals surface area contributed by atoms with Crippen LogP contribution in [0.5, 0.6) is 0 Å². The van der Waals surface area contributed by atoms with Gasteiger partial charge in [-0.05, 0) is 24.3 Å². The molecule has 0 aliphatic carbocycles. The number of sulfonamides is 1. The molecule has 2 rings (SSSR count). The van der Waals surface area contributed by atoms with Crippen LogP contribution in [0.3, 0.4) is 0 Å². The number of benzene rings is 1. The normalized spacial score (nSPS) is 18.3. The molecule has 0 spiro atoms. The molecule has 154 valence electrons. The van der Waals surface area contributed by atoms with E-state index in [9.17, 15) is 34.0 Å². The first-order valence-corrected chi connectivity index (χ1v) is 12.0. The van der Waals surface area contributed by atoms with Crippen LogP contribution in [0.15, 0.2) is 34.1 Å². The fraction of sp³-hybridized carbons (Fsp3) is 0.538. The van der Waals surface area contributed by atoms with Crippen molar-refractivity contribution in [3.8, 4) is 0 Å². The second kappa shape index (κ2) is 7.67. The summed E-state index contributed by atoms with van der Waals surface area (Å²) in [6.07, 6.45) is 0. The summed E-state index contributed by atoms with van der Waals surface area (Å²) >= 11 is 0. The van der Waals surface area contributed by atoms with Crippen molar-refractivity contribution in [2.75, 3.05) is 40.3 Å². The van der Waals surface area contributed by atoms with Gasteiger partial charge in [-0.15, -0.1) is 0 Å². The maximum atomic E-state index is 12.6. The quantitative estimate of drug-likeness (QED) is 0.597. The molecule has 0 amide bonds. The van der Waals surface area contributed by atoms with E-state index in [0.717, 1.165) is 37.2 Å². The molecular formula is C13H19F2N3O6S3. The van der Waals surface area contributed by atoms with E-state index in [-0.39, 0.29) is 31.1 Å². The lowest BCUT2D eigenvalue weighted by Gasteiger charge is -2.34. The molecule has 0 atom stereocenters. The Balaban J connectivity index is 2.19. The molecule has 0 saturated carbocycles. The van der Waals surface area contributed by atoms with Gasteiger partial charge in [-0.25, -0.2) is 16.8 Å². The van der Waals surface area contributed by atoms with Crippen LogP contribution in [-0.4, -0.2) is 84.2 Å². The van der Waals surface area contributed by atoms with Gasteiger partial charge in [0, 0.05) is 40.3 Å². The topological polar surface area (TPSA) is 112 Å². The summed E-state index contributed by atoms with van der Waals surface area (Å²) in [5, 5.41) is 0. The number of alkyl halides is 2. The Bertz CT molecular complexity index is 984. The van der Waals surface area contributed by atoms with Gasteiger partial charge >= 0.3 is 5.76 Å². The molecule has 14 heteroatoms. The Kier molecular flexibility index (Phi) is 6.28. The summed E-state index contributed by atoms with van der Waals surface area (Å²) in [5.41, 5.74) is 0. The van der Waals surface area contributed by atoms with E-state index in [1.54, 1.807) is 0 Å². The maximum Gasteiger partial charge on any atom is 0.341 e. The highest BCUT2D eigenvalue weighted by Crippen LogP contribution is 2.23. The first-order chi connectivity index (χ1) is 12.3. The largest absolute Gasteiger partial charge is 0.341 e. The summed E-state index contributed by atoms with van der Waals surface area (Å²) in [4.78, 5) is -0.946. The molecule has 1 aliphatic heterocycles. The number of nitrogens with zero attached hydrogens (tertiary/aromatic N) is 3. The Hall–Kier alpha value is -1.19. The second-order valence-corrected chi connectivity index (χ2v) is 11.9. The zero-order chi connectivity index (χ0) is 20.6. The summed E-state index contributed by atoms with van der Waals surface area (Å²) in [6, 6.07) is 3.49. The molecule has 1 fully saturated rings. The highest BCUT2D eigenvalue weighted by Gasteiger charge is 2.34. The minimum absolute atomic E-state index is 0.0441. The smallest absolute Gasteiger partial charge is 0.218 e. The Morgan fingerprint density at radius 3 is 1.63 bits per heavy atom. The summed E-state index contributed by atoms with van der Waals surface area (Å²) < 4.78 is 101. The van der Waals surface area contributed by atoms with Crippen molar-refractivity contribution in [2.45, 2.75) is 15.5 Å². The first-order valence-electron chi connectivity index (χ1n) is 7.61. The number of rotatable bonds is 6. The van der Waals surface area contributed by atoms with Gasteiger partial charge in [-0.2, -0.15) is 30.1 Å². The van der Waals surface area contributed by atoms with E-state index in [4.69, 9.17) is 0 Å². The van der Waals surface area contributed by atoms with E-state index in [0.29, 0.717) is 0 Å².